The number of nitrogens with zero attached hydrogens (tertiary/aromatic N) is 2. The molecule has 2 N–H and O–H groups in total. The Bertz CT molecular complexity index is 624. The molecule has 0 heterocycles. The summed E-state index contributed by atoms with van der Waals surface area (Å²) in [4.78, 5) is 11.4. The Labute approximate surface area is 111 Å². The average Bonchev–Trinajstić information content (AvgIpc) is 2.37. The monoisotopic (exact) mass is 283 g/mol. The molecule has 0 bridgehead atoms. The first-order valence-electron chi connectivity index (χ1n) is 5.18. The van der Waals surface area contributed by atoms with Crippen molar-refractivity contribution in [3.8, 4) is 12.1 Å². The number of hydrogen-bond donors (Lipinski definition) is 2. The lowest BCUT2D eigenvalue weighted by atomic mass is 10.0. The van der Waals surface area contributed by atoms with Gasteiger partial charge in [0, 0.05) is 5.69 Å². The minimum atomic E-state index is -5.14. The second-order valence-corrected chi connectivity index (χ2v) is 4.01. The molecule has 0 saturated heterocycles. The highest BCUT2D eigenvalue weighted by atomic mass is 19.4. The first-order valence-corrected chi connectivity index (χ1v) is 5.18. The molecule has 0 fully saturated rings. The lowest BCUT2D eigenvalue weighted by Crippen LogP contribution is -2.52. The van der Waals surface area contributed by atoms with Gasteiger partial charge in [-0.25, -0.2) is 0 Å². The van der Waals surface area contributed by atoms with E-state index in [1.54, 1.807) is 12.1 Å². The molecule has 0 aliphatic carbocycles. The standard InChI is InChI=1S/C12H8F3N3O2/c1-11(20,12(13,14)15)10(19)18-9-3-2-7(5-16)8(4-9)6-17/h2-4,20H,1H3,(H,18,19). The third-order valence-electron chi connectivity index (χ3n) is 2.51. The number of nitrogens with one attached hydrogen (secondary N) is 1. The summed E-state index contributed by atoms with van der Waals surface area (Å²) in [6, 6.07) is 6.77. The number of halogens is 3. The largest absolute Gasteiger partial charge is 0.426 e. The van der Waals surface area contributed by atoms with E-state index in [4.69, 9.17) is 15.6 Å². The predicted octanol–water partition coefficient (Wildman–Crippen LogP) is 1.68. The van der Waals surface area contributed by atoms with Crippen molar-refractivity contribution in [2.24, 2.45) is 0 Å². The van der Waals surface area contributed by atoms with Crippen LogP contribution in [0.25, 0.3) is 0 Å². The van der Waals surface area contributed by atoms with E-state index in [9.17, 15) is 18.0 Å². The van der Waals surface area contributed by atoms with Gasteiger partial charge in [0.2, 0.25) is 5.60 Å². The van der Waals surface area contributed by atoms with Crippen LogP contribution in [0.1, 0.15) is 18.1 Å². The van der Waals surface area contributed by atoms with Crippen LogP contribution >= 0.6 is 0 Å². The van der Waals surface area contributed by atoms with Crippen molar-refractivity contribution in [2.45, 2.75) is 18.7 Å². The number of carbonyl (C=O) groups is 1. The predicted molar refractivity (Wildman–Crippen MR) is 61.2 cm³/mol. The van der Waals surface area contributed by atoms with Gasteiger partial charge in [-0.3, -0.25) is 4.79 Å². The van der Waals surface area contributed by atoms with Crippen molar-refractivity contribution in [3.63, 3.8) is 0 Å². The molecule has 1 amide bonds. The molecule has 20 heavy (non-hydrogen) atoms. The Kier molecular flexibility index (Phi) is 4.02. The van der Waals surface area contributed by atoms with Crippen molar-refractivity contribution in [1.82, 2.24) is 0 Å². The molecule has 1 atom stereocenters. The molecule has 1 unspecified atom stereocenters. The molecule has 0 aliphatic heterocycles. The first kappa shape index (κ1) is 15.5. The molecule has 0 aliphatic rings. The number of carbonyl (C=O) groups excluding carboxylic acids is 1. The molecule has 0 spiro atoms. The number of alkyl halides is 3. The lowest BCUT2D eigenvalue weighted by molar-refractivity contribution is -0.242. The Morgan fingerprint density at radius 1 is 1.25 bits per heavy atom. The van der Waals surface area contributed by atoms with Gasteiger partial charge < -0.3 is 10.4 Å². The number of hydrogen-bond acceptors (Lipinski definition) is 4. The van der Waals surface area contributed by atoms with Gasteiger partial charge in [-0.1, -0.05) is 0 Å². The van der Waals surface area contributed by atoms with Crippen molar-refractivity contribution >= 4 is 11.6 Å². The summed E-state index contributed by atoms with van der Waals surface area (Å²) in [5, 5.41) is 28.4. The molecule has 1 aromatic carbocycles. The third kappa shape index (κ3) is 2.87. The van der Waals surface area contributed by atoms with Crippen molar-refractivity contribution in [1.29, 1.82) is 10.5 Å². The fraction of sp³-hybridized carbons (Fsp3) is 0.250. The quantitative estimate of drug-likeness (QED) is 0.862. The minimum Gasteiger partial charge on any atom is -0.373 e. The van der Waals surface area contributed by atoms with E-state index >= 15 is 0 Å². The molecule has 8 heteroatoms. The molecular formula is C12H8F3N3O2. The Hall–Kier alpha value is -2.58. The second kappa shape index (κ2) is 5.19. The smallest absolute Gasteiger partial charge is 0.373 e. The van der Waals surface area contributed by atoms with Crippen molar-refractivity contribution < 1.29 is 23.1 Å². The summed E-state index contributed by atoms with van der Waals surface area (Å²) in [5.41, 5.74) is -3.77. The molecule has 0 aromatic heterocycles. The topological polar surface area (TPSA) is 96.9 Å². The summed E-state index contributed by atoms with van der Waals surface area (Å²) < 4.78 is 37.3. The highest BCUT2D eigenvalue weighted by molar-refractivity contribution is 5.97. The first-order chi connectivity index (χ1) is 9.13. The average molecular weight is 283 g/mol. The van der Waals surface area contributed by atoms with E-state index in [0.717, 1.165) is 12.1 Å². The lowest BCUT2D eigenvalue weighted by Gasteiger charge is -2.24. The van der Waals surface area contributed by atoms with Crippen LogP contribution in [0.3, 0.4) is 0 Å². The molecule has 5 nitrogen and oxygen atoms in total. The van der Waals surface area contributed by atoms with Gasteiger partial charge in [-0.2, -0.15) is 23.7 Å². The zero-order valence-corrected chi connectivity index (χ0v) is 10.1. The number of rotatable bonds is 2. The van der Waals surface area contributed by atoms with Crippen LogP contribution in [0.4, 0.5) is 18.9 Å². The molecule has 104 valence electrons. The second-order valence-electron chi connectivity index (χ2n) is 4.01. The van der Waals surface area contributed by atoms with E-state index in [-0.39, 0.29) is 16.8 Å². The fourth-order valence-electron chi connectivity index (χ4n) is 1.19. The van der Waals surface area contributed by atoms with Gasteiger partial charge in [0.25, 0.3) is 5.91 Å². The van der Waals surface area contributed by atoms with Crippen LogP contribution in [0.15, 0.2) is 18.2 Å². The Balaban J connectivity index is 3.05. The van der Waals surface area contributed by atoms with E-state index in [2.05, 4.69) is 0 Å². The molecule has 1 rings (SSSR count). The summed E-state index contributed by atoms with van der Waals surface area (Å²) in [6.45, 7) is 0.317. The van der Waals surface area contributed by atoms with E-state index in [0.29, 0.717) is 6.92 Å². The normalized spacial score (nSPS) is 13.8. The van der Waals surface area contributed by atoms with E-state index in [1.165, 1.54) is 6.07 Å². The van der Waals surface area contributed by atoms with Crippen LogP contribution in [-0.2, 0) is 4.79 Å². The van der Waals surface area contributed by atoms with Crippen molar-refractivity contribution in [3.05, 3.63) is 29.3 Å². The van der Waals surface area contributed by atoms with E-state index in [1.807, 2.05) is 5.32 Å². The number of nitriles is 2. The maximum Gasteiger partial charge on any atom is 0.426 e. The number of aliphatic hydroxyl groups is 1. The summed E-state index contributed by atoms with van der Waals surface area (Å²) in [5.74, 6) is -1.68. The SMILES string of the molecule is CC(O)(C(=O)Nc1ccc(C#N)c(C#N)c1)C(F)(F)F. The van der Waals surface area contributed by atoms with E-state index < -0.39 is 17.7 Å². The molecular weight excluding hydrogens is 275 g/mol. The van der Waals surface area contributed by atoms with Crippen molar-refractivity contribution in [2.75, 3.05) is 5.32 Å². The highest BCUT2D eigenvalue weighted by Crippen LogP contribution is 2.31. The highest BCUT2D eigenvalue weighted by Gasteiger charge is 2.55. The van der Waals surface area contributed by atoms with Gasteiger partial charge in [0.15, 0.2) is 0 Å². The summed E-state index contributed by atoms with van der Waals surface area (Å²) in [6.07, 6.45) is -5.14. The van der Waals surface area contributed by atoms with Gasteiger partial charge in [0.1, 0.15) is 12.1 Å². The zero-order chi connectivity index (χ0) is 15.6. The zero-order valence-electron chi connectivity index (χ0n) is 10.1. The van der Waals surface area contributed by atoms with Crippen LogP contribution in [0.2, 0.25) is 0 Å². The third-order valence-corrected chi connectivity index (χ3v) is 2.51. The maximum absolute atomic E-state index is 12.4. The molecule has 0 saturated carbocycles. The minimum absolute atomic E-state index is 0.0214. The van der Waals surface area contributed by atoms with Gasteiger partial charge in [-0.05, 0) is 25.1 Å². The van der Waals surface area contributed by atoms with Crippen LogP contribution in [0, 0.1) is 22.7 Å². The van der Waals surface area contributed by atoms with Crippen LogP contribution in [0.5, 0.6) is 0 Å². The Morgan fingerprint density at radius 2 is 1.80 bits per heavy atom. The molecule has 1 aromatic rings. The fourth-order valence-corrected chi connectivity index (χ4v) is 1.19. The number of benzene rings is 1. The van der Waals surface area contributed by atoms with Crippen LogP contribution < -0.4 is 5.32 Å². The van der Waals surface area contributed by atoms with Crippen LogP contribution in [-0.4, -0.2) is 22.8 Å². The van der Waals surface area contributed by atoms with Gasteiger partial charge >= 0.3 is 6.18 Å². The number of anilines is 1. The number of amides is 1. The summed E-state index contributed by atoms with van der Waals surface area (Å²) >= 11 is 0. The maximum atomic E-state index is 12.4. The Morgan fingerprint density at radius 3 is 2.25 bits per heavy atom. The van der Waals surface area contributed by atoms with Gasteiger partial charge in [-0.15, -0.1) is 0 Å². The van der Waals surface area contributed by atoms with Gasteiger partial charge in [0.05, 0.1) is 11.1 Å². The summed E-state index contributed by atoms with van der Waals surface area (Å²) in [7, 11) is 0. The molecule has 0 radical (unpaired) electrons.